The van der Waals surface area contributed by atoms with Crippen LogP contribution in [-0.2, 0) is 22.2 Å². The molecular formula is C49H53ClF2N8O7. The lowest BCUT2D eigenvalue weighted by Crippen LogP contribution is -2.52. The molecule has 3 fully saturated rings. The van der Waals surface area contributed by atoms with Crippen molar-refractivity contribution in [1.29, 1.82) is 0 Å². The number of ether oxygens (including phenoxy) is 3. The van der Waals surface area contributed by atoms with Crippen molar-refractivity contribution in [1.82, 2.24) is 30.2 Å². The Morgan fingerprint density at radius 3 is 2.43 bits per heavy atom. The molecule has 4 heterocycles. The zero-order valence-corrected chi connectivity index (χ0v) is 38.3. The summed E-state index contributed by atoms with van der Waals surface area (Å²) < 4.78 is 51.8. The summed E-state index contributed by atoms with van der Waals surface area (Å²) in [7, 11) is 3.10. The molecule has 1 aromatic heterocycles. The Labute approximate surface area is 391 Å². The summed E-state index contributed by atoms with van der Waals surface area (Å²) in [6.45, 7) is 6.41. The number of anilines is 1. The van der Waals surface area contributed by atoms with Gasteiger partial charge in [0.2, 0.25) is 17.7 Å². The SMILES string of the molecule is COc1ccc(C(N)=O)c(-c2c(Cl)c(F)cc3c2[C@H](C)[C@@](CNC2CCC(C(=O)N4CCN(CCOc5ccc6c(N7CCC(=O)NC7=O)nn(C)c6c5)CC4)CC2)(c2ccccc2)O3)c1F. The summed E-state index contributed by atoms with van der Waals surface area (Å²) in [5, 5.41) is 11.0. The number of fused-ring (bicyclic) bond motifs is 2. The van der Waals surface area contributed by atoms with Crippen molar-refractivity contribution in [3.63, 3.8) is 0 Å². The summed E-state index contributed by atoms with van der Waals surface area (Å²) in [5.74, 6) is -2.16. The van der Waals surface area contributed by atoms with Gasteiger partial charge in [0.05, 0.1) is 23.2 Å². The van der Waals surface area contributed by atoms with Gasteiger partial charge in [-0.25, -0.2) is 13.6 Å². The molecule has 18 heteroatoms. The van der Waals surface area contributed by atoms with Crippen LogP contribution < -0.4 is 35.5 Å². The van der Waals surface area contributed by atoms with E-state index in [9.17, 15) is 19.2 Å². The predicted molar refractivity (Wildman–Crippen MR) is 248 cm³/mol. The molecule has 2 saturated heterocycles. The number of piperazine rings is 1. The van der Waals surface area contributed by atoms with Gasteiger partial charge in [-0.15, -0.1) is 0 Å². The molecule has 0 radical (unpaired) electrons. The number of imide groups is 1. The maximum atomic E-state index is 16.2. The van der Waals surface area contributed by atoms with Crippen LogP contribution in [0, 0.1) is 17.6 Å². The number of aromatic nitrogens is 2. The molecule has 0 bridgehead atoms. The molecule has 4 aromatic carbocycles. The van der Waals surface area contributed by atoms with E-state index in [2.05, 4.69) is 20.6 Å². The molecule has 3 aliphatic heterocycles. The Bertz CT molecular complexity index is 2740. The number of nitrogens with one attached hydrogen (secondary N) is 2. The van der Waals surface area contributed by atoms with Crippen LogP contribution in [0.15, 0.2) is 66.7 Å². The number of nitrogens with two attached hydrogens (primary N) is 1. The molecule has 1 saturated carbocycles. The Morgan fingerprint density at radius 1 is 0.985 bits per heavy atom. The maximum Gasteiger partial charge on any atom is 0.329 e. The van der Waals surface area contributed by atoms with Crippen molar-refractivity contribution in [3.8, 4) is 28.4 Å². The van der Waals surface area contributed by atoms with Crippen molar-refractivity contribution in [2.24, 2.45) is 18.7 Å². The maximum absolute atomic E-state index is 16.2. The lowest BCUT2D eigenvalue weighted by molar-refractivity contribution is -0.138. The third kappa shape index (κ3) is 8.64. The fourth-order valence-corrected chi connectivity index (χ4v) is 10.5. The normalized spacial score (nSPS) is 22.1. The Balaban J connectivity index is 0.798. The number of aryl methyl sites for hydroxylation is 1. The molecule has 5 amide bonds. The second-order valence-electron chi connectivity index (χ2n) is 17.7. The van der Waals surface area contributed by atoms with Gasteiger partial charge in [-0.2, -0.15) is 5.10 Å². The van der Waals surface area contributed by atoms with Crippen LogP contribution in [0.25, 0.3) is 22.0 Å². The largest absolute Gasteiger partial charge is 0.494 e. The van der Waals surface area contributed by atoms with E-state index in [1.165, 1.54) is 30.2 Å². The van der Waals surface area contributed by atoms with Crippen molar-refractivity contribution in [3.05, 3.63) is 100 Å². The number of carbonyl (C=O) groups excluding carboxylic acids is 4. The number of hydrogen-bond donors (Lipinski definition) is 3. The van der Waals surface area contributed by atoms with E-state index in [1.807, 2.05) is 60.4 Å². The molecule has 5 aromatic rings. The van der Waals surface area contributed by atoms with Crippen molar-refractivity contribution >= 4 is 52.1 Å². The number of rotatable bonds is 13. The number of hydrogen-bond acceptors (Lipinski definition) is 10. The molecule has 9 rings (SSSR count). The van der Waals surface area contributed by atoms with Crippen LogP contribution >= 0.6 is 11.6 Å². The van der Waals surface area contributed by atoms with Crippen molar-refractivity contribution < 1.29 is 42.2 Å². The second kappa shape index (κ2) is 18.8. The smallest absolute Gasteiger partial charge is 0.329 e. The lowest BCUT2D eigenvalue weighted by Gasteiger charge is -2.39. The first-order valence-corrected chi connectivity index (χ1v) is 23.0. The number of urea groups is 1. The molecule has 1 aliphatic carbocycles. The van der Waals surface area contributed by atoms with Gasteiger partial charge < -0.3 is 30.2 Å². The van der Waals surface area contributed by atoms with Gasteiger partial charge in [0.25, 0.3) is 0 Å². The average molecular weight is 939 g/mol. The van der Waals surface area contributed by atoms with Gasteiger partial charge in [-0.05, 0) is 55.5 Å². The number of amides is 5. The van der Waals surface area contributed by atoms with Crippen molar-refractivity contribution in [2.75, 3.05) is 64.4 Å². The lowest BCUT2D eigenvalue weighted by atomic mass is 9.77. The number of methoxy groups -OCH3 is 1. The van der Waals surface area contributed by atoms with Gasteiger partial charge in [0, 0.05) is 111 Å². The topological polar surface area (TPSA) is 174 Å². The van der Waals surface area contributed by atoms with E-state index in [1.54, 1.807) is 11.7 Å². The first-order chi connectivity index (χ1) is 32.3. The van der Waals surface area contributed by atoms with Gasteiger partial charge in [0.15, 0.2) is 23.0 Å². The summed E-state index contributed by atoms with van der Waals surface area (Å²) in [5.41, 5.74) is 6.28. The average Bonchev–Trinajstić information content (AvgIpc) is 3.81. The number of nitrogens with zero attached hydrogens (tertiary/aromatic N) is 5. The summed E-state index contributed by atoms with van der Waals surface area (Å²) in [4.78, 5) is 56.4. The van der Waals surface area contributed by atoms with Crippen LogP contribution in [0.5, 0.6) is 17.2 Å². The molecule has 4 N–H and O–H groups in total. The molecule has 67 heavy (non-hydrogen) atoms. The Morgan fingerprint density at radius 2 is 1.73 bits per heavy atom. The quantitative estimate of drug-likeness (QED) is 0.119. The van der Waals surface area contributed by atoms with Gasteiger partial charge in [-0.3, -0.25) is 34.2 Å². The van der Waals surface area contributed by atoms with E-state index in [0.717, 1.165) is 55.2 Å². The molecule has 4 aliphatic rings. The highest BCUT2D eigenvalue weighted by molar-refractivity contribution is 6.34. The van der Waals surface area contributed by atoms with E-state index < -0.39 is 35.1 Å². The third-order valence-corrected chi connectivity index (χ3v) is 14.3. The highest BCUT2D eigenvalue weighted by atomic mass is 35.5. The van der Waals surface area contributed by atoms with Crippen molar-refractivity contribution in [2.45, 2.75) is 56.6 Å². The molecule has 0 spiro atoms. The first kappa shape index (κ1) is 45.8. The number of primary amides is 1. The van der Waals surface area contributed by atoms with E-state index in [-0.39, 0.29) is 70.0 Å². The van der Waals surface area contributed by atoms with Crippen LogP contribution in [-0.4, -0.2) is 109 Å². The minimum atomic E-state index is -1.08. The Kier molecular flexibility index (Phi) is 12.8. The Hall–Kier alpha value is -6.30. The van der Waals surface area contributed by atoms with Crippen LogP contribution in [0.4, 0.5) is 19.4 Å². The van der Waals surface area contributed by atoms with Crippen LogP contribution in [0.3, 0.4) is 0 Å². The summed E-state index contributed by atoms with van der Waals surface area (Å²) >= 11 is 6.68. The van der Waals surface area contributed by atoms with Gasteiger partial charge >= 0.3 is 6.03 Å². The molecule has 0 unspecified atom stereocenters. The highest BCUT2D eigenvalue weighted by Crippen LogP contribution is 2.56. The number of carbonyl (C=O) groups is 4. The van der Waals surface area contributed by atoms with E-state index in [0.29, 0.717) is 49.9 Å². The highest BCUT2D eigenvalue weighted by Gasteiger charge is 2.50. The van der Waals surface area contributed by atoms with E-state index in [4.69, 9.17) is 31.5 Å². The van der Waals surface area contributed by atoms with Crippen LogP contribution in [0.2, 0.25) is 5.02 Å². The minimum absolute atomic E-state index is 0.0114. The van der Waals surface area contributed by atoms with Gasteiger partial charge in [-0.1, -0.05) is 48.9 Å². The minimum Gasteiger partial charge on any atom is -0.494 e. The zero-order chi connectivity index (χ0) is 47.1. The van der Waals surface area contributed by atoms with Crippen LogP contribution in [0.1, 0.15) is 66.4 Å². The predicted octanol–water partition coefficient (Wildman–Crippen LogP) is 6.49. The monoisotopic (exact) mass is 938 g/mol. The third-order valence-electron chi connectivity index (χ3n) is 14.0. The molecule has 2 atom stereocenters. The summed E-state index contributed by atoms with van der Waals surface area (Å²) in [6.07, 6.45) is 3.20. The fraction of sp³-hybridized carbons (Fsp3) is 0.408. The molecular weight excluding hydrogens is 886 g/mol. The molecule has 15 nitrogen and oxygen atoms in total. The number of benzene rings is 4. The van der Waals surface area contributed by atoms with Gasteiger partial charge in [0.1, 0.15) is 23.9 Å². The first-order valence-electron chi connectivity index (χ1n) is 22.7. The second-order valence-corrected chi connectivity index (χ2v) is 18.1. The molecule has 352 valence electrons. The zero-order valence-electron chi connectivity index (χ0n) is 37.6. The standard InChI is InChI=1S/C49H53ClF2N8O7/c1-28-40-38(26-35(51)43(50)42(40)41-34(45(53)62)15-16-37(65-3)44(41)52)67-49(28,30-7-5-4-6-8-30)27-54-31-11-9-29(10-12-31)47(63)59-21-19-58(20-22-59)23-24-66-32-13-14-33-36(25-32)57(2)56-46(33)60-18-17-39(61)55-48(60)64/h4-8,13-16,25-26,28-29,31,54H,9-12,17-24,27H2,1-3H3,(H2,53,62)(H,55,61,64)/t28-,29?,31?,49-/m0/s1. The van der Waals surface area contributed by atoms with E-state index >= 15 is 8.78 Å². The fourth-order valence-electron chi connectivity index (χ4n) is 10.2. The number of halogens is 3. The summed E-state index contributed by atoms with van der Waals surface area (Å²) in [6, 6.07) is 18.6.